The first-order chi connectivity index (χ1) is 8.22. The first-order valence-electron chi connectivity index (χ1n) is 5.30. The molecule has 1 rings (SSSR count). The Morgan fingerprint density at radius 1 is 1.56 bits per heavy atom. The van der Waals surface area contributed by atoms with E-state index < -0.39 is 10.0 Å². The van der Waals surface area contributed by atoms with Gasteiger partial charge in [0.15, 0.2) is 0 Å². The summed E-state index contributed by atoms with van der Waals surface area (Å²) in [6.07, 6.45) is 0.403. The molecule has 0 radical (unpaired) electrons. The van der Waals surface area contributed by atoms with Gasteiger partial charge in [-0.2, -0.15) is 5.10 Å². The molecule has 0 aliphatic carbocycles. The standard InChI is InChI=1S/C9H17N5O2S2/c1-6-7(8(10)17)9(14(2)13-6)12-4-3-5-18(11,15)16/h12H,3-5H2,1-2H3,(H2,10,17)(H2,11,15,16). The van der Waals surface area contributed by atoms with Gasteiger partial charge in [0, 0.05) is 13.6 Å². The van der Waals surface area contributed by atoms with Crippen molar-refractivity contribution in [1.82, 2.24) is 9.78 Å². The molecule has 1 heterocycles. The number of nitrogens with one attached hydrogen (secondary N) is 1. The van der Waals surface area contributed by atoms with E-state index in [0.29, 0.717) is 24.3 Å². The smallest absolute Gasteiger partial charge is 0.209 e. The molecule has 0 atom stereocenters. The zero-order valence-electron chi connectivity index (χ0n) is 10.3. The molecule has 0 saturated heterocycles. The van der Waals surface area contributed by atoms with Gasteiger partial charge in [0.2, 0.25) is 10.0 Å². The Morgan fingerprint density at radius 3 is 2.67 bits per heavy atom. The van der Waals surface area contributed by atoms with Gasteiger partial charge in [-0.15, -0.1) is 0 Å². The Morgan fingerprint density at radius 2 is 2.17 bits per heavy atom. The molecule has 9 heteroatoms. The number of rotatable bonds is 6. The molecule has 0 aliphatic heterocycles. The number of nitrogens with two attached hydrogens (primary N) is 2. The number of primary sulfonamides is 1. The summed E-state index contributed by atoms with van der Waals surface area (Å²) < 4.78 is 23.2. The van der Waals surface area contributed by atoms with E-state index in [0.717, 1.165) is 5.69 Å². The summed E-state index contributed by atoms with van der Waals surface area (Å²) in [5, 5.41) is 12.2. The van der Waals surface area contributed by atoms with Gasteiger partial charge >= 0.3 is 0 Å². The molecule has 1 aromatic rings. The van der Waals surface area contributed by atoms with Crippen LogP contribution in [0.4, 0.5) is 5.82 Å². The third-order valence-corrected chi connectivity index (χ3v) is 3.43. The average molecular weight is 291 g/mol. The van der Waals surface area contributed by atoms with Gasteiger partial charge in [0.1, 0.15) is 10.8 Å². The lowest BCUT2D eigenvalue weighted by molar-refractivity contribution is 0.595. The largest absolute Gasteiger partial charge is 0.389 e. The highest BCUT2D eigenvalue weighted by atomic mass is 32.2. The van der Waals surface area contributed by atoms with Crippen molar-refractivity contribution < 1.29 is 8.42 Å². The molecule has 0 aromatic carbocycles. The molecule has 7 nitrogen and oxygen atoms in total. The van der Waals surface area contributed by atoms with Crippen LogP contribution in [-0.4, -0.2) is 35.5 Å². The van der Waals surface area contributed by atoms with Crippen LogP contribution in [0.1, 0.15) is 17.7 Å². The normalized spacial score (nSPS) is 11.5. The fourth-order valence-electron chi connectivity index (χ4n) is 1.64. The molecular weight excluding hydrogens is 274 g/mol. The molecular formula is C9H17N5O2S2. The molecule has 0 aliphatic rings. The highest BCUT2D eigenvalue weighted by Gasteiger charge is 2.15. The summed E-state index contributed by atoms with van der Waals surface area (Å²) in [6.45, 7) is 2.26. The number of nitrogens with zero attached hydrogens (tertiary/aromatic N) is 2. The van der Waals surface area contributed by atoms with E-state index in [1.165, 1.54) is 0 Å². The van der Waals surface area contributed by atoms with E-state index in [2.05, 4.69) is 10.4 Å². The van der Waals surface area contributed by atoms with Gasteiger partial charge in [0.25, 0.3) is 0 Å². The minimum atomic E-state index is -3.42. The van der Waals surface area contributed by atoms with Crippen LogP contribution in [0.3, 0.4) is 0 Å². The van der Waals surface area contributed by atoms with E-state index in [4.69, 9.17) is 23.1 Å². The van der Waals surface area contributed by atoms with Crippen molar-refractivity contribution in [3.05, 3.63) is 11.3 Å². The number of hydrogen-bond acceptors (Lipinski definition) is 5. The van der Waals surface area contributed by atoms with Gasteiger partial charge < -0.3 is 11.1 Å². The van der Waals surface area contributed by atoms with Crippen molar-refractivity contribution in [2.45, 2.75) is 13.3 Å². The lowest BCUT2D eigenvalue weighted by Crippen LogP contribution is -2.20. The summed E-state index contributed by atoms with van der Waals surface area (Å²) in [7, 11) is -1.66. The third kappa shape index (κ3) is 3.93. The van der Waals surface area contributed by atoms with Crippen LogP contribution in [0.5, 0.6) is 0 Å². The number of sulfonamides is 1. The van der Waals surface area contributed by atoms with Crippen molar-refractivity contribution in [3.8, 4) is 0 Å². The van der Waals surface area contributed by atoms with E-state index >= 15 is 0 Å². The number of thiocarbonyl (C=S) groups is 1. The zero-order chi connectivity index (χ0) is 13.9. The lowest BCUT2D eigenvalue weighted by atomic mass is 10.2. The molecule has 0 spiro atoms. The predicted octanol–water partition coefficient (Wildman–Crippen LogP) is -0.547. The maximum absolute atomic E-state index is 10.8. The number of aryl methyl sites for hydroxylation is 2. The van der Waals surface area contributed by atoms with E-state index in [1.54, 1.807) is 11.7 Å². The number of aromatic nitrogens is 2. The molecule has 18 heavy (non-hydrogen) atoms. The maximum atomic E-state index is 10.8. The number of hydrogen-bond donors (Lipinski definition) is 3. The fourth-order valence-corrected chi connectivity index (χ4v) is 2.43. The summed E-state index contributed by atoms with van der Waals surface area (Å²) in [5.41, 5.74) is 7.04. The van der Waals surface area contributed by atoms with Gasteiger partial charge in [-0.1, -0.05) is 12.2 Å². The molecule has 0 amide bonds. The molecule has 0 unspecified atom stereocenters. The third-order valence-electron chi connectivity index (χ3n) is 2.37. The minimum Gasteiger partial charge on any atom is -0.389 e. The van der Waals surface area contributed by atoms with Crippen LogP contribution in [-0.2, 0) is 17.1 Å². The quantitative estimate of drug-likeness (QED) is 0.478. The van der Waals surface area contributed by atoms with Crippen molar-refractivity contribution >= 4 is 33.0 Å². The Balaban J connectivity index is 2.70. The number of anilines is 1. The van der Waals surface area contributed by atoms with Crippen LogP contribution in [0.15, 0.2) is 0 Å². The summed E-state index contributed by atoms with van der Waals surface area (Å²) in [6, 6.07) is 0. The second kappa shape index (κ2) is 5.63. The first kappa shape index (κ1) is 14.9. The maximum Gasteiger partial charge on any atom is 0.209 e. The van der Waals surface area contributed by atoms with E-state index in [9.17, 15) is 8.42 Å². The second-order valence-electron chi connectivity index (χ2n) is 3.94. The molecule has 0 fully saturated rings. The van der Waals surface area contributed by atoms with Crippen molar-refractivity contribution in [2.24, 2.45) is 17.9 Å². The van der Waals surface area contributed by atoms with Crippen LogP contribution < -0.4 is 16.2 Å². The van der Waals surface area contributed by atoms with E-state index in [-0.39, 0.29) is 10.7 Å². The topological polar surface area (TPSA) is 116 Å². The van der Waals surface area contributed by atoms with Crippen LogP contribution in [0.25, 0.3) is 0 Å². The van der Waals surface area contributed by atoms with Gasteiger partial charge in [0.05, 0.1) is 17.0 Å². The average Bonchev–Trinajstić information content (AvgIpc) is 2.46. The summed E-state index contributed by atoms with van der Waals surface area (Å²) >= 11 is 4.96. The summed E-state index contributed by atoms with van der Waals surface area (Å²) in [4.78, 5) is 0.259. The lowest BCUT2D eigenvalue weighted by Gasteiger charge is -2.08. The van der Waals surface area contributed by atoms with Gasteiger partial charge in [-0.25, -0.2) is 13.6 Å². The zero-order valence-corrected chi connectivity index (χ0v) is 11.9. The fraction of sp³-hybridized carbons (Fsp3) is 0.556. The van der Waals surface area contributed by atoms with Crippen molar-refractivity contribution in [1.29, 1.82) is 0 Å². The highest BCUT2D eigenvalue weighted by Crippen LogP contribution is 2.18. The first-order valence-corrected chi connectivity index (χ1v) is 7.42. The molecule has 0 bridgehead atoms. The van der Waals surface area contributed by atoms with Crippen molar-refractivity contribution in [3.63, 3.8) is 0 Å². The minimum absolute atomic E-state index is 0.0702. The van der Waals surface area contributed by atoms with Gasteiger partial charge in [-0.05, 0) is 13.3 Å². The summed E-state index contributed by atoms with van der Waals surface area (Å²) in [5.74, 6) is 0.619. The second-order valence-corrected chi connectivity index (χ2v) is 6.12. The Labute approximate surface area is 112 Å². The van der Waals surface area contributed by atoms with Crippen LogP contribution >= 0.6 is 12.2 Å². The predicted molar refractivity (Wildman–Crippen MR) is 74.9 cm³/mol. The van der Waals surface area contributed by atoms with E-state index in [1.807, 2.05) is 6.92 Å². The molecule has 5 N–H and O–H groups in total. The molecule has 102 valence electrons. The van der Waals surface area contributed by atoms with Crippen molar-refractivity contribution in [2.75, 3.05) is 17.6 Å². The molecule has 0 saturated carbocycles. The monoisotopic (exact) mass is 291 g/mol. The van der Waals surface area contributed by atoms with Gasteiger partial charge in [-0.3, -0.25) is 4.68 Å². The van der Waals surface area contributed by atoms with Crippen LogP contribution in [0.2, 0.25) is 0 Å². The molecule has 1 aromatic heterocycles. The Hall–Kier alpha value is -1.19. The van der Waals surface area contributed by atoms with Crippen LogP contribution in [0, 0.1) is 6.92 Å². The highest BCUT2D eigenvalue weighted by molar-refractivity contribution is 7.89. The SMILES string of the molecule is Cc1nn(C)c(NCCCS(N)(=O)=O)c1C(N)=S. The Bertz CT molecular complexity index is 550. The Kier molecular flexibility index (Phi) is 4.65.